The molecule has 0 N–H and O–H groups in total. The average molecular weight is 418 g/mol. The van der Waals surface area contributed by atoms with Crippen LogP contribution in [-0.4, -0.2) is 23.9 Å². The molecule has 0 fully saturated rings. The third-order valence-electron chi connectivity index (χ3n) is 5.13. The monoisotopic (exact) mass is 417 g/mol. The first kappa shape index (κ1) is 18.3. The Labute approximate surface area is 175 Å². The van der Waals surface area contributed by atoms with E-state index < -0.39 is 11.2 Å². The molecule has 0 saturated carbocycles. The Kier molecular flexibility index (Phi) is 4.08. The molecule has 8 heteroatoms. The molecule has 0 spiro atoms. The van der Waals surface area contributed by atoms with Crippen molar-refractivity contribution >= 4 is 22.6 Å². The Hall–Kier alpha value is -3.71. The summed E-state index contributed by atoms with van der Waals surface area (Å²) in [5, 5.41) is 6.02. The fourth-order valence-corrected chi connectivity index (χ4v) is 3.84. The zero-order valence-corrected chi connectivity index (χ0v) is 17.0. The maximum atomic E-state index is 12.9. The number of nitrogens with zero attached hydrogens (tertiary/aromatic N) is 5. The predicted octanol–water partition coefficient (Wildman–Crippen LogP) is 3.34. The highest BCUT2D eigenvalue weighted by Crippen LogP contribution is 2.31. The lowest BCUT2D eigenvalue weighted by Crippen LogP contribution is -2.35. The Morgan fingerprint density at radius 1 is 0.933 bits per heavy atom. The summed E-state index contributed by atoms with van der Waals surface area (Å²) < 4.78 is 4.56. The van der Waals surface area contributed by atoms with Gasteiger partial charge < -0.3 is 0 Å². The normalized spacial score (nSPS) is 11.4. The molecule has 0 atom stereocenters. The zero-order chi connectivity index (χ0) is 21.0. The van der Waals surface area contributed by atoms with E-state index in [0.29, 0.717) is 21.9 Å². The predicted molar refractivity (Wildman–Crippen MR) is 116 cm³/mol. The molecular formula is C22H16ClN5O2. The van der Waals surface area contributed by atoms with E-state index in [4.69, 9.17) is 16.7 Å². The maximum Gasteiger partial charge on any atom is 0.352 e. The molecule has 2 aliphatic rings. The Morgan fingerprint density at radius 2 is 1.67 bits per heavy atom. The summed E-state index contributed by atoms with van der Waals surface area (Å²) >= 11 is 6.26. The molecule has 0 radical (unpaired) electrons. The Bertz CT molecular complexity index is 1510. The highest BCUT2D eigenvalue weighted by molar-refractivity contribution is 6.30. The van der Waals surface area contributed by atoms with Crippen molar-refractivity contribution in [3.8, 4) is 22.8 Å². The summed E-state index contributed by atoms with van der Waals surface area (Å²) in [6, 6.07) is 18.6. The van der Waals surface area contributed by atoms with Crippen LogP contribution in [0.25, 0.3) is 33.8 Å². The number of pyridine rings is 1. The fraction of sp³-hybridized carbons (Fsp3) is 0.0909. The molecule has 1 aromatic heterocycles. The summed E-state index contributed by atoms with van der Waals surface area (Å²) in [4.78, 5) is 29.5. The van der Waals surface area contributed by atoms with Gasteiger partial charge in [-0.25, -0.2) is 9.48 Å². The van der Waals surface area contributed by atoms with E-state index in [1.54, 1.807) is 27.4 Å². The first-order valence-corrected chi connectivity index (χ1v) is 9.67. The number of hydrogen-bond donors (Lipinski definition) is 0. The fourth-order valence-electron chi connectivity index (χ4n) is 3.65. The van der Waals surface area contributed by atoms with Gasteiger partial charge in [0.2, 0.25) is 0 Å². The van der Waals surface area contributed by atoms with Gasteiger partial charge in [0, 0.05) is 17.5 Å². The Morgan fingerprint density at radius 3 is 2.40 bits per heavy atom. The molecule has 0 unspecified atom stereocenters. The number of para-hydroxylation sites is 1. The third-order valence-corrected chi connectivity index (χ3v) is 5.36. The van der Waals surface area contributed by atoms with Crippen molar-refractivity contribution in [3.05, 3.63) is 92.2 Å². The van der Waals surface area contributed by atoms with Crippen LogP contribution in [0.4, 0.5) is 0 Å². The van der Waals surface area contributed by atoms with Crippen LogP contribution in [0.3, 0.4) is 0 Å². The lowest BCUT2D eigenvalue weighted by Gasteiger charge is -2.18. The quantitative estimate of drug-likeness (QED) is 0.441. The zero-order valence-electron chi connectivity index (χ0n) is 16.2. The molecule has 30 heavy (non-hydrogen) atoms. The minimum absolute atomic E-state index is 0.259. The van der Waals surface area contributed by atoms with Crippen LogP contribution in [0, 0.1) is 6.92 Å². The maximum absolute atomic E-state index is 12.9. The molecule has 3 aromatic rings. The smallest absolute Gasteiger partial charge is 0.278 e. The number of hydrogen-bond acceptors (Lipinski definition) is 4. The summed E-state index contributed by atoms with van der Waals surface area (Å²) in [5.41, 5.74) is 2.26. The first-order valence-electron chi connectivity index (χ1n) is 9.29. The molecule has 0 saturated heterocycles. The third kappa shape index (κ3) is 2.67. The number of benzene rings is 2. The van der Waals surface area contributed by atoms with E-state index >= 15 is 0 Å². The molecule has 2 aromatic carbocycles. The van der Waals surface area contributed by atoms with E-state index in [9.17, 15) is 9.59 Å². The summed E-state index contributed by atoms with van der Waals surface area (Å²) in [5.74, 6) is 0.259. The van der Waals surface area contributed by atoms with Gasteiger partial charge in [-0.2, -0.15) is 10.1 Å². The molecule has 0 aliphatic carbocycles. The Balaban J connectivity index is 2.06. The van der Waals surface area contributed by atoms with Crippen molar-refractivity contribution in [1.82, 2.24) is 23.9 Å². The van der Waals surface area contributed by atoms with Gasteiger partial charge in [0.05, 0.1) is 22.6 Å². The topological polar surface area (TPSA) is 74.7 Å². The van der Waals surface area contributed by atoms with E-state index in [2.05, 4.69) is 4.98 Å². The van der Waals surface area contributed by atoms with Gasteiger partial charge in [-0.1, -0.05) is 35.9 Å². The lowest BCUT2D eigenvalue weighted by atomic mass is 10.1. The standard InChI is InChI=1S/C22H16ClN5O2/c1-13-17-12-18-19(24-22(30)26(2)21(18)29)27(16-10-6-7-14(23)11-16)20(17)28(25-13)15-8-4-3-5-9-15/h3-12H,1-2H3. The second-order valence-electron chi connectivity index (χ2n) is 7.03. The van der Waals surface area contributed by atoms with Crippen molar-refractivity contribution in [1.29, 1.82) is 0 Å². The van der Waals surface area contributed by atoms with Gasteiger partial charge >= 0.3 is 5.69 Å². The van der Waals surface area contributed by atoms with Crippen molar-refractivity contribution in [3.63, 3.8) is 0 Å². The SMILES string of the molecule is Cc1nn(-c2ccccc2)c2c1cc1c(=O)n(C)c(=O)nc-1n2-c1cccc(Cl)c1. The minimum Gasteiger partial charge on any atom is -0.278 e. The van der Waals surface area contributed by atoms with Crippen LogP contribution in [0.2, 0.25) is 5.02 Å². The average Bonchev–Trinajstić information content (AvgIpc) is 3.08. The first-order chi connectivity index (χ1) is 14.5. The van der Waals surface area contributed by atoms with Gasteiger partial charge in [0.25, 0.3) is 5.56 Å². The summed E-state index contributed by atoms with van der Waals surface area (Å²) in [7, 11) is 1.42. The highest BCUT2D eigenvalue weighted by Gasteiger charge is 2.24. The molecule has 148 valence electrons. The number of rotatable bonds is 2. The second-order valence-corrected chi connectivity index (χ2v) is 7.46. The van der Waals surface area contributed by atoms with Crippen molar-refractivity contribution < 1.29 is 0 Å². The molecule has 0 bridgehead atoms. The number of fused-ring (bicyclic) bond motifs is 2. The van der Waals surface area contributed by atoms with E-state index in [-0.39, 0.29) is 5.82 Å². The largest absolute Gasteiger partial charge is 0.352 e. The van der Waals surface area contributed by atoms with Crippen molar-refractivity contribution in [2.75, 3.05) is 0 Å². The van der Waals surface area contributed by atoms with Crippen LogP contribution in [0.5, 0.6) is 0 Å². The highest BCUT2D eigenvalue weighted by atomic mass is 35.5. The molecule has 2 aliphatic heterocycles. The van der Waals surface area contributed by atoms with Gasteiger partial charge in [-0.3, -0.25) is 13.9 Å². The van der Waals surface area contributed by atoms with Gasteiger partial charge in [-0.05, 0) is 43.3 Å². The molecule has 0 amide bonds. The number of aromatic nitrogens is 5. The van der Waals surface area contributed by atoms with Crippen molar-refractivity contribution in [2.24, 2.45) is 7.05 Å². The van der Waals surface area contributed by atoms with Crippen LogP contribution in [0.1, 0.15) is 5.69 Å². The van der Waals surface area contributed by atoms with E-state index in [1.807, 2.05) is 49.4 Å². The van der Waals surface area contributed by atoms with Gasteiger partial charge in [-0.15, -0.1) is 0 Å². The number of halogens is 1. The minimum atomic E-state index is -0.620. The van der Waals surface area contributed by atoms with Gasteiger partial charge in [0.1, 0.15) is 5.65 Å². The van der Waals surface area contributed by atoms with Crippen LogP contribution in [0.15, 0.2) is 70.3 Å². The molecule has 5 rings (SSSR count). The lowest BCUT2D eigenvalue weighted by molar-refractivity contribution is 0.763. The number of aryl methyl sites for hydroxylation is 1. The van der Waals surface area contributed by atoms with Gasteiger partial charge in [0.15, 0.2) is 5.82 Å². The van der Waals surface area contributed by atoms with Crippen LogP contribution in [-0.2, 0) is 7.05 Å². The van der Waals surface area contributed by atoms with Crippen LogP contribution >= 0.6 is 11.6 Å². The second kappa shape index (κ2) is 6.67. The molecule has 7 nitrogen and oxygen atoms in total. The summed E-state index contributed by atoms with van der Waals surface area (Å²) in [6.07, 6.45) is 0. The van der Waals surface area contributed by atoms with E-state index in [0.717, 1.165) is 21.3 Å². The molecule has 3 heterocycles. The van der Waals surface area contributed by atoms with E-state index in [1.165, 1.54) is 7.05 Å². The van der Waals surface area contributed by atoms with Crippen LogP contribution < -0.4 is 11.2 Å². The summed E-state index contributed by atoms with van der Waals surface area (Å²) in [6.45, 7) is 1.88. The van der Waals surface area contributed by atoms with Crippen molar-refractivity contribution in [2.45, 2.75) is 6.92 Å². The molecular weight excluding hydrogens is 402 g/mol.